The highest BCUT2D eigenvalue weighted by atomic mass is 32.2. The van der Waals surface area contributed by atoms with Crippen LogP contribution in [0.4, 0.5) is 5.82 Å². The van der Waals surface area contributed by atoms with Crippen LogP contribution >= 0.6 is 0 Å². The number of aromatic hydroxyl groups is 1. The average Bonchev–Trinajstić information content (AvgIpc) is 2.55. The van der Waals surface area contributed by atoms with Crippen LogP contribution < -0.4 is 10.0 Å². The predicted octanol–water partition coefficient (Wildman–Crippen LogP) is 1.48. The molecule has 0 aliphatic heterocycles. The van der Waals surface area contributed by atoms with Crippen molar-refractivity contribution in [3.05, 3.63) is 53.7 Å². The van der Waals surface area contributed by atoms with Gasteiger partial charge in [-0.3, -0.25) is 4.79 Å². The van der Waals surface area contributed by atoms with Crippen molar-refractivity contribution >= 4 is 21.7 Å². The molecule has 1 aromatic heterocycles. The molecule has 0 aliphatic carbocycles. The van der Waals surface area contributed by atoms with Crippen LogP contribution in [0.1, 0.15) is 22.8 Å². The maximum atomic E-state index is 12.1. The van der Waals surface area contributed by atoms with E-state index >= 15 is 0 Å². The lowest BCUT2D eigenvalue weighted by atomic mass is 10.1. The van der Waals surface area contributed by atoms with Gasteiger partial charge in [-0.05, 0) is 36.8 Å². The van der Waals surface area contributed by atoms with Crippen LogP contribution in [-0.2, 0) is 16.6 Å². The van der Waals surface area contributed by atoms with Crippen LogP contribution in [0.15, 0.2) is 42.6 Å². The first-order valence-corrected chi connectivity index (χ1v) is 8.58. The van der Waals surface area contributed by atoms with Gasteiger partial charge in [0.15, 0.2) is 11.6 Å². The summed E-state index contributed by atoms with van der Waals surface area (Å²) in [7, 11) is -3.25. The number of rotatable bonds is 6. The molecule has 0 fully saturated rings. The Labute approximate surface area is 134 Å². The minimum absolute atomic E-state index is 0.0149. The maximum absolute atomic E-state index is 12.1. The standard InChI is InChI=1S/C15H17N3O4S/c1-2-23(21,22)17-10-11-5-7-12(8-6-11)15(20)18-14-13(19)4-3-9-16-14/h3-9,17,19H,2,10H2,1H3,(H,16,18,20). The number of aromatic nitrogens is 1. The van der Waals surface area contributed by atoms with E-state index in [9.17, 15) is 18.3 Å². The summed E-state index contributed by atoms with van der Waals surface area (Å²) in [6.07, 6.45) is 1.46. The lowest BCUT2D eigenvalue weighted by Crippen LogP contribution is -2.24. The summed E-state index contributed by atoms with van der Waals surface area (Å²) in [4.78, 5) is 15.9. The van der Waals surface area contributed by atoms with E-state index < -0.39 is 15.9 Å². The summed E-state index contributed by atoms with van der Waals surface area (Å²) in [5.41, 5.74) is 1.11. The number of hydrogen-bond acceptors (Lipinski definition) is 5. The second kappa shape index (κ2) is 7.21. The Morgan fingerprint density at radius 1 is 1.22 bits per heavy atom. The molecule has 2 rings (SSSR count). The van der Waals surface area contributed by atoms with E-state index in [-0.39, 0.29) is 23.9 Å². The van der Waals surface area contributed by atoms with E-state index in [1.165, 1.54) is 12.3 Å². The molecular weight excluding hydrogens is 318 g/mol. The molecule has 8 heteroatoms. The average molecular weight is 335 g/mol. The molecule has 0 atom stereocenters. The fourth-order valence-corrected chi connectivity index (χ4v) is 2.33. The van der Waals surface area contributed by atoms with Gasteiger partial charge in [0.05, 0.1) is 5.75 Å². The van der Waals surface area contributed by atoms with Crippen molar-refractivity contribution in [2.45, 2.75) is 13.5 Å². The minimum Gasteiger partial charge on any atom is -0.504 e. The summed E-state index contributed by atoms with van der Waals surface area (Å²) in [5, 5.41) is 12.1. The van der Waals surface area contributed by atoms with Crippen LogP contribution in [0, 0.1) is 0 Å². The molecule has 122 valence electrons. The lowest BCUT2D eigenvalue weighted by molar-refractivity contribution is 0.102. The van der Waals surface area contributed by atoms with Crippen molar-refractivity contribution in [3.8, 4) is 5.75 Å². The van der Waals surface area contributed by atoms with E-state index in [0.717, 1.165) is 5.56 Å². The second-order valence-electron chi connectivity index (χ2n) is 4.75. The topological polar surface area (TPSA) is 108 Å². The highest BCUT2D eigenvalue weighted by Gasteiger charge is 2.10. The SMILES string of the molecule is CCS(=O)(=O)NCc1ccc(C(=O)Nc2ncccc2O)cc1. The number of anilines is 1. The Hall–Kier alpha value is -2.45. The van der Waals surface area contributed by atoms with Crippen LogP contribution in [0.5, 0.6) is 5.75 Å². The first kappa shape index (κ1) is 16.9. The van der Waals surface area contributed by atoms with Crippen molar-refractivity contribution in [3.63, 3.8) is 0 Å². The summed E-state index contributed by atoms with van der Waals surface area (Å²) in [6, 6.07) is 9.44. The van der Waals surface area contributed by atoms with Crippen LogP contribution in [-0.4, -0.2) is 30.2 Å². The third-order valence-corrected chi connectivity index (χ3v) is 4.45. The Balaban J connectivity index is 2.02. The quantitative estimate of drug-likeness (QED) is 0.741. The van der Waals surface area contributed by atoms with E-state index in [1.807, 2.05) is 0 Å². The van der Waals surface area contributed by atoms with Gasteiger partial charge in [0.1, 0.15) is 0 Å². The highest BCUT2D eigenvalue weighted by Crippen LogP contribution is 2.19. The monoisotopic (exact) mass is 335 g/mol. The number of pyridine rings is 1. The van der Waals surface area contributed by atoms with Gasteiger partial charge >= 0.3 is 0 Å². The van der Waals surface area contributed by atoms with Gasteiger partial charge in [0, 0.05) is 18.3 Å². The number of carbonyl (C=O) groups excluding carboxylic acids is 1. The molecule has 3 N–H and O–H groups in total. The first-order chi connectivity index (χ1) is 10.9. The van der Waals surface area contributed by atoms with Crippen molar-refractivity contribution in [2.75, 3.05) is 11.1 Å². The highest BCUT2D eigenvalue weighted by molar-refractivity contribution is 7.89. The number of nitrogens with one attached hydrogen (secondary N) is 2. The molecule has 0 unspecified atom stereocenters. The fraction of sp³-hybridized carbons (Fsp3) is 0.200. The Bertz CT molecular complexity index is 789. The lowest BCUT2D eigenvalue weighted by Gasteiger charge is -2.07. The van der Waals surface area contributed by atoms with Gasteiger partial charge in [-0.1, -0.05) is 12.1 Å². The maximum Gasteiger partial charge on any atom is 0.256 e. The smallest absolute Gasteiger partial charge is 0.256 e. The second-order valence-corrected chi connectivity index (χ2v) is 6.84. The molecule has 0 radical (unpaired) electrons. The van der Waals surface area contributed by atoms with E-state index in [4.69, 9.17) is 0 Å². The number of benzene rings is 1. The molecule has 2 aromatic rings. The minimum atomic E-state index is -3.25. The van der Waals surface area contributed by atoms with Gasteiger partial charge in [-0.25, -0.2) is 18.1 Å². The van der Waals surface area contributed by atoms with Crippen molar-refractivity contribution in [1.29, 1.82) is 0 Å². The molecule has 1 heterocycles. The van der Waals surface area contributed by atoms with Crippen molar-refractivity contribution < 1.29 is 18.3 Å². The molecule has 1 aromatic carbocycles. The number of carbonyl (C=O) groups is 1. The number of amides is 1. The molecular formula is C15H17N3O4S. The van der Waals surface area contributed by atoms with E-state index in [0.29, 0.717) is 5.56 Å². The Morgan fingerprint density at radius 3 is 2.52 bits per heavy atom. The summed E-state index contributed by atoms with van der Waals surface area (Å²) < 4.78 is 25.2. The van der Waals surface area contributed by atoms with Crippen LogP contribution in [0.25, 0.3) is 0 Å². The molecule has 0 saturated carbocycles. The zero-order valence-electron chi connectivity index (χ0n) is 12.5. The predicted molar refractivity (Wildman–Crippen MR) is 86.6 cm³/mol. The van der Waals surface area contributed by atoms with E-state index in [2.05, 4.69) is 15.0 Å². The van der Waals surface area contributed by atoms with Gasteiger partial charge in [0.25, 0.3) is 5.91 Å². The third-order valence-electron chi connectivity index (χ3n) is 3.11. The molecule has 0 saturated heterocycles. The molecule has 1 amide bonds. The number of hydrogen-bond donors (Lipinski definition) is 3. The molecule has 23 heavy (non-hydrogen) atoms. The molecule has 0 bridgehead atoms. The van der Waals surface area contributed by atoms with Crippen molar-refractivity contribution in [2.24, 2.45) is 0 Å². The zero-order valence-corrected chi connectivity index (χ0v) is 13.3. The van der Waals surface area contributed by atoms with Gasteiger partial charge in [-0.15, -0.1) is 0 Å². The Morgan fingerprint density at radius 2 is 1.91 bits per heavy atom. The molecule has 7 nitrogen and oxygen atoms in total. The largest absolute Gasteiger partial charge is 0.504 e. The fourth-order valence-electron chi connectivity index (χ4n) is 1.74. The van der Waals surface area contributed by atoms with Gasteiger partial charge in [-0.2, -0.15) is 0 Å². The van der Waals surface area contributed by atoms with E-state index in [1.54, 1.807) is 37.3 Å². The molecule has 0 aliphatic rings. The molecule has 0 spiro atoms. The normalized spacial score (nSPS) is 11.2. The van der Waals surface area contributed by atoms with Crippen molar-refractivity contribution in [1.82, 2.24) is 9.71 Å². The number of nitrogens with zero attached hydrogens (tertiary/aromatic N) is 1. The summed E-state index contributed by atoms with van der Waals surface area (Å²) in [5.74, 6) is -0.440. The number of sulfonamides is 1. The summed E-state index contributed by atoms with van der Waals surface area (Å²) in [6.45, 7) is 1.72. The van der Waals surface area contributed by atoms with Gasteiger partial charge in [0.2, 0.25) is 10.0 Å². The zero-order chi connectivity index (χ0) is 16.9. The Kier molecular flexibility index (Phi) is 5.30. The first-order valence-electron chi connectivity index (χ1n) is 6.93. The third kappa shape index (κ3) is 4.76. The summed E-state index contributed by atoms with van der Waals surface area (Å²) >= 11 is 0. The van der Waals surface area contributed by atoms with Gasteiger partial charge < -0.3 is 10.4 Å². The van der Waals surface area contributed by atoms with Crippen LogP contribution in [0.2, 0.25) is 0 Å². The van der Waals surface area contributed by atoms with Crippen LogP contribution in [0.3, 0.4) is 0 Å².